The predicted octanol–water partition coefficient (Wildman–Crippen LogP) is 6.81. The summed E-state index contributed by atoms with van der Waals surface area (Å²) >= 11 is 1.52. The largest absolute Gasteiger partial charge is 0.486 e. The molecule has 5 aromatic rings. The number of benzene rings is 3. The number of hydrogen-bond acceptors (Lipinski definition) is 5. The monoisotopic (exact) mass is 464 g/mol. The van der Waals surface area contributed by atoms with Crippen molar-refractivity contribution < 1.29 is 13.9 Å². The first-order chi connectivity index (χ1) is 16.7. The molecule has 1 N–H and O–H groups in total. The average molecular weight is 465 g/mol. The Morgan fingerprint density at radius 1 is 0.971 bits per heavy atom. The molecular weight excluding hydrogens is 444 g/mol. The van der Waals surface area contributed by atoms with Gasteiger partial charge in [0, 0.05) is 16.6 Å². The lowest BCUT2D eigenvalue weighted by atomic mass is 10.1. The normalized spacial score (nSPS) is 11.6. The molecule has 166 valence electrons. The molecule has 5 nitrogen and oxygen atoms in total. The van der Waals surface area contributed by atoms with Gasteiger partial charge in [0.2, 0.25) is 0 Å². The van der Waals surface area contributed by atoms with E-state index in [-0.39, 0.29) is 5.91 Å². The number of rotatable bonds is 6. The third kappa shape index (κ3) is 4.00. The molecule has 1 aliphatic carbocycles. The van der Waals surface area contributed by atoms with Crippen molar-refractivity contribution in [1.82, 2.24) is 4.98 Å². The molecule has 0 atom stereocenters. The van der Waals surface area contributed by atoms with Gasteiger partial charge in [0.1, 0.15) is 23.1 Å². The fourth-order valence-electron chi connectivity index (χ4n) is 4.19. The van der Waals surface area contributed by atoms with E-state index in [4.69, 9.17) is 9.15 Å². The molecule has 0 saturated carbocycles. The second-order valence-corrected chi connectivity index (χ2v) is 9.02. The molecular formula is C28H20N2O3S. The number of anilines is 1. The quantitative estimate of drug-likeness (QED) is 0.294. The molecule has 0 unspecified atom stereocenters. The zero-order valence-corrected chi connectivity index (χ0v) is 19.0. The van der Waals surface area contributed by atoms with Gasteiger partial charge in [-0.1, -0.05) is 30.3 Å². The third-order valence-electron chi connectivity index (χ3n) is 5.86. The minimum Gasteiger partial charge on any atom is -0.486 e. The van der Waals surface area contributed by atoms with Gasteiger partial charge in [0.25, 0.3) is 5.91 Å². The topological polar surface area (TPSA) is 64.4 Å². The molecule has 34 heavy (non-hydrogen) atoms. The number of hydrogen-bond donors (Lipinski definition) is 1. The summed E-state index contributed by atoms with van der Waals surface area (Å²) in [5.41, 5.74) is 7.26. The van der Waals surface area contributed by atoms with Crippen LogP contribution in [0.3, 0.4) is 0 Å². The first-order valence-corrected chi connectivity index (χ1v) is 11.8. The Hall–Kier alpha value is -4.16. The molecule has 0 fully saturated rings. The van der Waals surface area contributed by atoms with Crippen LogP contribution in [0.25, 0.3) is 22.6 Å². The highest BCUT2D eigenvalue weighted by Crippen LogP contribution is 2.37. The van der Waals surface area contributed by atoms with Crippen LogP contribution in [-0.2, 0) is 13.0 Å². The number of amides is 1. The number of furan rings is 1. The number of carbonyl (C=O) groups excluding carboxylic acids is 1. The zero-order valence-electron chi connectivity index (χ0n) is 18.2. The minimum absolute atomic E-state index is 0.148. The summed E-state index contributed by atoms with van der Waals surface area (Å²) in [6, 6.07) is 25.4. The Balaban J connectivity index is 1.08. The summed E-state index contributed by atoms with van der Waals surface area (Å²) in [6.07, 6.45) is 2.52. The standard InChI is InChI=1S/C28H20N2O3S/c31-28(29-21-9-12-24-20(15-21)14-19-4-1-2-5-23(19)24)18-7-10-22(11-8-18)33-16-27-30-25(17-34-27)26-6-3-13-32-26/h1-13,15,17H,14,16H2,(H,29,31). The van der Waals surface area contributed by atoms with Gasteiger partial charge in [-0.3, -0.25) is 4.79 Å². The van der Waals surface area contributed by atoms with Gasteiger partial charge in [-0.25, -0.2) is 4.98 Å². The highest BCUT2D eigenvalue weighted by molar-refractivity contribution is 7.09. The number of ether oxygens (including phenoxy) is 1. The van der Waals surface area contributed by atoms with Crippen molar-refractivity contribution in [2.75, 3.05) is 5.32 Å². The van der Waals surface area contributed by atoms with E-state index < -0.39 is 0 Å². The van der Waals surface area contributed by atoms with E-state index in [1.807, 2.05) is 23.6 Å². The van der Waals surface area contributed by atoms with Crippen LogP contribution in [0.2, 0.25) is 0 Å². The predicted molar refractivity (Wildman–Crippen MR) is 133 cm³/mol. The first-order valence-electron chi connectivity index (χ1n) is 11.0. The Morgan fingerprint density at radius 3 is 2.68 bits per heavy atom. The molecule has 6 heteroatoms. The van der Waals surface area contributed by atoms with E-state index >= 15 is 0 Å². The van der Waals surface area contributed by atoms with E-state index in [2.05, 4.69) is 46.7 Å². The number of nitrogens with one attached hydrogen (secondary N) is 1. The summed E-state index contributed by atoms with van der Waals surface area (Å²) in [7, 11) is 0. The summed E-state index contributed by atoms with van der Waals surface area (Å²) in [6.45, 7) is 0.356. The maximum Gasteiger partial charge on any atom is 0.255 e. The third-order valence-corrected chi connectivity index (χ3v) is 6.68. The van der Waals surface area contributed by atoms with Gasteiger partial charge < -0.3 is 14.5 Å². The van der Waals surface area contributed by atoms with Crippen LogP contribution in [0, 0.1) is 0 Å². The average Bonchev–Trinajstić information content (AvgIpc) is 3.62. The van der Waals surface area contributed by atoms with Gasteiger partial charge in [0.15, 0.2) is 5.76 Å². The summed E-state index contributed by atoms with van der Waals surface area (Å²) in [4.78, 5) is 17.3. The molecule has 0 aliphatic heterocycles. The van der Waals surface area contributed by atoms with E-state index in [9.17, 15) is 4.79 Å². The van der Waals surface area contributed by atoms with Crippen molar-refractivity contribution in [3.05, 3.63) is 112 Å². The second-order valence-electron chi connectivity index (χ2n) is 8.08. The van der Waals surface area contributed by atoms with Gasteiger partial charge in [0.05, 0.1) is 6.26 Å². The lowest BCUT2D eigenvalue weighted by molar-refractivity contribution is 0.102. The Labute approximate surface area is 200 Å². The molecule has 6 rings (SSSR count). The first kappa shape index (κ1) is 20.4. The molecule has 2 heterocycles. The van der Waals surface area contributed by atoms with E-state index in [0.29, 0.717) is 17.9 Å². The van der Waals surface area contributed by atoms with Crippen molar-refractivity contribution >= 4 is 22.9 Å². The van der Waals surface area contributed by atoms with Crippen LogP contribution in [0.4, 0.5) is 5.69 Å². The van der Waals surface area contributed by atoms with Crippen molar-refractivity contribution in [2.45, 2.75) is 13.0 Å². The van der Waals surface area contributed by atoms with Crippen molar-refractivity contribution in [1.29, 1.82) is 0 Å². The maximum atomic E-state index is 12.8. The van der Waals surface area contributed by atoms with Gasteiger partial charge in [-0.15, -0.1) is 11.3 Å². The summed E-state index contributed by atoms with van der Waals surface area (Å²) < 4.78 is 11.2. The second kappa shape index (κ2) is 8.65. The highest BCUT2D eigenvalue weighted by Gasteiger charge is 2.18. The van der Waals surface area contributed by atoms with Crippen LogP contribution in [0.5, 0.6) is 5.75 Å². The molecule has 0 saturated heterocycles. The van der Waals surface area contributed by atoms with Crippen LogP contribution >= 0.6 is 11.3 Å². The molecule has 1 aliphatic rings. The van der Waals surface area contributed by atoms with E-state index in [0.717, 1.165) is 28.6 Å². The highest BCUT2D eigenvalue weighted by atomic mass is 32.1. The molecule has 0 spiro atoms. The van der Waals surface area contributed by atoms with Crippen LogP contribution < -0.4 is 10.1 Å². The Kier molecular flexibility index (Phi) is 5.20. The number of carbonyl (C=O) groups is 1. The van der Waals surface area contributed by atoms with E-state index in [1.54, 1.807) is 30.5 Å². The fraction of sp³-hybridized carbons (Fsp3) is 0.0714. The van der Waals surface area contributed by atoms with Crippen LogP contribution in [-0.4, -0.2) is 10.9 Å². The van der Waals surface area contributed by atoms with Crippen molar-refractivity contribution in [3.8, 4) is 28.3 Å². The SMILES string of the molecule is O=C(Nc1ccc2c(c1)Cc1ccccc1-2)c1ccc(OCc2nc(-c3ccco3)cs2)cc1. The van der Waals surface area contributed by atoms with Gasteiger partial charge in [-0.05, 0) is 77.2 Å². The summed E-state index contributed by atoms with van der Waals surface area (Å²) in [5.74, 6) is 1.28. The smallest absolute Gasteiger partial charge is 0.255 e. The molecule has 0 radical (unpaired) electrons. The number of fused-ring (bicyclic) bond motifs is 3. The van der Waals surface area contributed by atoms with Gasteiger partial charge >= 0.3 is 0 Å². The number of aromatic nitrogens is 1. The Morgan fingerprint density at radius 2 is 1.82 bits per heavy atom. The number of nitrogens with zero attached hydrogens (tertiary/aromatic N) is 1. The van der Waals surface area contributed by atoms with Crippen LogP contribution in [0.1, 0.15) is 26.5 Å². The van der Waals surface area contributed by atoms with Crippen molar-refractivity contribution in [2.24, 2.45) is 0 Å². The molecule has 3 aromatic carbocycles. The van der Waals surface area contributed by atoms with Crippen molar-refractivity contribution in [3.63, 3.8) is 0 Å². The summed E-state index contributed by atoms with van der Waals surface area (Å²) in [5, 5.41) is 5.81. The lowest BCUT2D eigenvalue weighted by Gasteiger charge is -2.09. The molecule has 1 amide bonds. The van der Waals surface area contributed by atoms with E-state index in [1.165, 1.54) is 33.6 Å². The zero-order chi connectivity index (χ0) is 22.9. The minimum atomic E-state index is -0.148. The molecule has 2 aromatic heterocycles. The maximum absolute atomic E-state index is 12.8. The molecule has 0 bridgehead atoms. The Bertz CT molecular complexity index is 1470. The fourth-order valence-corrected chi connectivity index (χ4v) is 4.88. The number of thiazole rings is 1. The lowest BCUT2D eigenvalue weighted by Crippen LogP contribution is -2.12. The van der Waals surface area contributed by atoms with Crippen LogP contribution in [0.15, 0.2) is 94.9 Å². The van der Waals surface area contributed by atoms with Gasteiger partial charge in [-0.2, -0.15) is 0 Å².